The third kappa shape index (κ3) is 3.44. The summed E-state index contributed by atoms with van der Waals surface area (Å²) in [5, 5.41) is 6.94. The van der Waals surface area contributed by atoms with Gasteiger partial charge in [0.15, 0.2) is 0 Å². The average molecular weight is 292 g/mol. The molecule has 0 aromatic carbocycles. The van der Waals surface area contributed by atoms with Crippen LogP contribution in [0, 0.1) is 5.92 Å². The van der Waals surface area contributed by atoms with Crippen molar-refractivity contribution in [1.29, 1.82) is 0 Å². The second kappa shape index (κ2) is 5.73. The summed E-state index contributed by atoms with van der Waals surface area (Å²) in [6.45, 7) is 5.53. The number of nitrogens with one attached hydrogen (secondary N) is 1. The smallest absolute Gasteiger partial charge is 0.133 e. The largest absolute Gasteiger partial charge is 0.309 e. The molecular formula is C15H20N2S2. The standard InChI is InChI=1S/C15H20N2S2/c1-10(2)8-12-14(9-16-11-5-6-11)19-15(17-12)13-4-3-7-18-13/h3-4,7,10-11,16H,5-6,8-9H2,1-2H3. The molecule has 0 radical (unpaired) electrons. The molecule has 4 heteroatoms. The van der Waals surface area contributed by atoms with Crippen LogP contribution in [0.2, 0.25) is 0 Å². The van der Waals surface area contributed by atoms with Gasteiger partial charge in [-0.1, -0.05) is 19.9 Å². The molecule has 0 atom stereocenters. The molecule has 0 amide bonds. The molecule has 0 saturated heterocycles. The van der Waals surface area contributed by atoms with Gasteiger partial charge < -0.3 is 5.32 Å². The Labute approximate surface area is 122 Å². The van der Waals surface area contributed by atoms with Gasteiger partial charge in [0.05, 0.1) is 10.6 Å². The zero-order valence-electron chi connectivity index (χ0n) is 11.5. The number of rotatable bonds is 6. The number of hydrogen-bond acceptors (Lipinski definition) is 4. The van der Waals surface area contributed by atoms with Crippen LogP contribution < -0.4 is 5.32 Å². The van der Waals surface area contributed by atoms with Crippen LogP contribution in [0.3, 0.4) is 0 Å². The van der Waals surface area contributed by atoms with Gasteiger partial charge in [0, 0.05) is 17.5 Å². The normalized spacial score (nSPS) is 15.3. The molecule has 2 heterocycles. The van der Waals surface area contributed by atoms with Gasteiger partial charge >= 0.3 is 0 Å². The van der Waals surface area contributed by atoms with E-state index in [0.717, 1.165) is 19.0 Å². The van der Waals surface area contributed by atoms with E-state index >= 15 is 0 Å². The van der Waals surface area contributed by atoms with Gasteiger partial charge in [-0.3, -0.25) is 0 Å². The number of nitrogens with zero attached hydrogens (tertiary/aromatic N) is 1. The van der Waals surface area contributed by atoms with Crippen molar-refractivity contribution in [3.05, 3.63) is 28.1 Å². The van der Waals surface area contributed by atoms with Crippen molar-refractivity contribution >= 4 is 22.7 Å². The van der Waals surface area contributed by atoms with Gasteiger partial charge in [0.1, 0.15) is 5.01 Å². The Hall–Kier alpha value is -0.710. The Balaban J connectivity index is 1.81. The molecule has 1 aliphatic carbocycles. The molecule has 1 fully saturated rings. The Morgan fingerprint density at radius 3 is 2.89 bits per heavy atom. The van der Waals surface area contributed by atoms with E-state index in [1.165, 1.54) is 33.3 Å². The molecule has 0 aliphatic heterocycles. The van der Waals surface area contributed by atoms with Crippen molar-refractivity contribution in [3.63, 3.8) is 0 Å². The highest BCUT2D eigenvalue weighted by atomic mass is 32.1. The van der Waals surface area contributed by atoms with Crippen molar-refractivity contribution in [2.45, 2.75) is 45.7 Å². The maximum Gasteiger partial charge on any atom is 0.133 e. The molecule has 2 aromatic heterocycles. The lowest BCUT2D eigenvalue weighted by molar-refractivity contribution is 0.624. The summed E-state index contributed by atoms with van der Waals surface area (Å²) in [4.78, 5) is 7.61. The van der Waals surface area contributed by atoms with E-state index in [0.29, 0.717) is 5.92 Å². The lowest BCUT2D eigenvalue weighted by atomic mass is 10.1. The van der Waals surface area contributed by atoms with Crippen molar-refractivity contribution in [2.24, 2.45) is 5.92 Å². The van der Waals surface area contributed by atoms with Crippen LogP contribution in [0.5, 0.6) is 0 Å². The minimum Gasteiger partial charge on any atom is -0.309 e. The van der Waals surface area contributed by atoms with E-state index in [4.69, 9.17) is 4.98 Å². The minimum atomic E-state index is 0.665. The van der Waals surface area contributed by atoms with E-state index in [1.807, 2.05) is 11.3 Å². The van der Waals surface area contributed by atoms with E-state index in [2.05, 4.69) is 36.7 Å². The number of aromatic nitrogens is 1. The zero-order chi connectivity index (χ0) is 13.2. The Kier molecular flexibility index (Phi) is 4.01. The quantitative estimate of drug-likeness (QED) is 0.857. The predicted molar refractivity (Wildman–Crippen MR) is 83.8 cm³/mol. The fraction of sp³-hybridized carbons (Fsp3) is 0.533. The van der Waals surface area contributed by atoms with Crippen molar-refractivity contribution in [2.75, 3.05) is 0 Å². The molecule has 1 aliphatic rings. The Bertz CT molecular complexity index is 524. The summed E-state index contributed by atoms with van der Waals surface area (Å²) in [6, 6.07) is 5.03. The zero-order valence-corrected chi connectivity index (χ0v) is 13.1. The van der Waals surface area contributed by atoms with E-state index < -0.39 is 0 Å². The molecule has 2 aromatic rings. The number of hydrogen-bond donors (Lipinski definition) is 1. The summed E-state index contributed by atoms with van der Waals surface area (Å²) < 4.78 is 0. The van der Waals surface area contributed by atoms with Crippen LogP contribution in [0.4, 0.5) is 0 Å². The highest BCUT2D eigenvalue weighted by Gasteiger charge is 2.22. The molecule has 0 unspecified atom stereocenters. The van der Waals surface area contributed by atoms with Crippen LogP contribution in [-0.2, 0) is 13.0 Å². The molecule has 102 valence electrons. The minimum absolute atomic E-state index is 0.665. The Morgan fingerprint density at radius 2 is 2.26 bits per heavy atom. The second-order valence-corrected chi connectivity index (χ2v) is 7.65. The van der Waals surface area contributed by atoms with Gasteiger partial charge in [0.2, 0.25) is 0 Å². The first-order chi connectivity index (χ1) is 9.22. The number of thiazole rings is 1. The molecule has 19 heavy (non-hydrogen) atoms. The second-order valence-electron chi connectivity index (χ2n) is 5.62. The molecule has 2 nitrogen and oxygen atoms in total. The van der Waals surface area contributed by atoms with Crippen LogP contribution in [-0.4, -0.2) is 11.0 Å². The third-order valence-corrected chi connectivity index (χ3v) is 5.38. The first kappa shape index (κ1) is 13.3. The topological polar surface area (TPSA) is 24.9 Å². The van der Waals surface area contributed by atoms with Gasteiger partial charge in [-0.15, -0.1) is 22.7 Å². The first-order valence-electron chi connectivity index (χ1n) is 6.98. The molecule has 1 N–H and O–H groups in total. The summed E-state index contributed by atoms with van der Waals surface area (Å²) in [5.74, 6) is 0.665. The van der Waals surface area contributed by atoms with Crippen LogP contribution in [0.25, 0.3) is 9.88 Å². The van der Waals surface area contributed by atoms with Gasteiger partial charge in [-0.25, -0.2) is 4.98 Å². The highest BCUT2D eigenvalue weighted by Crippen LogP contribution is 2.32. The van der Waals surface area contributed by atoms with Crippen LogP contribution in [0.1, 0.15) is 37.3 Å². The maximum atomic E-state index is 4.88. The molecular weight excluding hydrogens is 272 g/mol. The monoisotopic (exact) mass is 292 g/mol. The van der Waals surface area contributed by atoms with Crippen LogP contribution >= 0.6 is 22.7 Å². The van der Waals surface area contributed by atoms with Crippen molar-refractivity contribution in [1.82, 2.24) is 10.3 Å². The fourth-order valence-corrected chi connectivity index (χ4v) is 3.93. The Morgan fingerprint density at radius 1 is 1.42 bits per heavy atom. The highest BCUT2D eigenvalue weighted by molar-refractivity contribution is 7.21. The van der Waals surface area contributed by atoms with E-state index in [-0.39, 0.29) is 0 Å². The van der Waals surface area contributed by atoms with Crippen molar-refractivity contribution in [3.8, 4) is 9.88 Å². The fourth-order valence-electron chi connectivity index (χ4n) is 2.10. The molecule has 1 saturated carbocycles. The summed E-state index contributed by atoms with van der Waals surface area (Å²) >= 11 is 3.65. The first-order valence-corrected chi connectivity index (χ1v) is 8.68. The average Bonchev–Trinajstić information content (AvgIpc) is 2.89. The summed E-state index contributed by atoms with van der Waals surface area (Å²) in [6.07, 6.45) is 3.77. The molecule has 0 bridgehead atoms. The summed E-state index contributed by atoms with van der Waals surface area (Å²) in [7, 11) is 0. The van der Waals surface area contributed by atoms with E-state index in [1.54, 1.807) is 11.3 Å². The summed E-state index contributed by atoms with van der Waals surface area (Å²) in [5.41, 5.74) is 1.30. The van der Waals surface area contributed by atoms with E-state index in [9.17, 15) is 0 Å². The predicted octanol–water partition coefficient (Wildman–Crippen LogP) is 4.32. The van der Waals surface area contributed by atoms with Gasteiger partial charge in [-0.2, -0.15) is 0 Å². The van der Waals surface area contributed by atoms with Gasteiger partial charge in [0.25, 0.3) is 0 Å². The SMILES string of the molecule is CC(C)Cc1nc(-c2cccs2)sc1CNC1CC1. The molecule has 3 rings (SSSR count). The maximum absolute atomic E-state index is 4.88. The van der Waals surface area contributed by atoms with Crippen LogP contribution in [0.15, 0.2) is 17.5 Å². The molecule has 0 spiro atoms. The number of thiophene rings is 1. The third-order valence-electron chi connectivity index (χ3n) is 3.24. The van der Waals surface area contributed by atoms with Gasteiger partial charge in [-0.05, 0) is 36.6 Å². The lowest BCUT2D eigenvalue weighted by Gasteiger charge is -2.05. The lowest BCUT2D eigenvalue weighted by Crippen LogP contribution is -2.15. The van der Waals surface area contributed by atoms with Crippen molar-refractivity contribution < 1.29 is 0 Å².